The van der Waals surface area contributed by atoms with E-state index in [0.717, 1.165) is 6.26 Å². The number of rotatable bonds is 3. The molecular formula is C10H8F4O. The SMILES string of the molecule is Fc1ccc(/C=C/OCC(F)(F)F)cc1. The molecule has 0 atom stereocenters. The van der Waals surface area contributed by atoms with E-state index in [1.807, 2.05) is 0 Å². The molecule has 1 aromatic carbocycles. The molecule has 0 heterocycles. The van der Waals surface area contributed by atoms with Crippen molar-refractivity contribution >= 4 is 6.08 Å². The minimum atomic E-state index is -4.34. The van der Waals surface area contributed by atoms with Gasteiger partial charge in [0.1, 0.15) is 5.82 Å². The number of alkyl halides is 3. The van der Waals surface area contributed by atoms with Crippen LogP contribution in [0.1, 0.15) is 5.56 Å². The summed E-state index contributed by atoms with van der Waals surface area (Å²) in [5, 5.41) is 0. The molecule has 0 aliphatic carbocycles. The quantitative estimate of drug-likeness (QED) is 0.560. The normalized spacial score (nSPS) is 12.0. The monoisotopic (exact) mass is 220 g/mol. The molecule has 0 aliphatic rings. The standard InChI is InChI=1S/C10H8F4O/c11-9-3-1-8(2-4-9)5-6-15-7-10(12,13)14/h1-6H,7H2/b6-5+. The Balaban J connectivity index is 2.42. The number of halogens is 4. The first-order valence-electron chi connectivity index (χ1n) is 4.08. The molecule has 0 amide bonds. The van der Waals surface area contributed by atoms with Gasteiger partial charge in [-0.1, -0.05) is 12.1 Å². The first-order chi connectivity index (χ1) is 6.97. The second kappa shape index (κ2) is 4.82. The third-order valence-electron chi connectivity index (χ3n) is 1.47. The molecule has 0 bridgehead atoms. The van der Waals surface area contributed by atoms with E-state index in [2.05, 4.69) is 4.74 Å². The van der Waals surface area contributed by atoms with Crippen LogP contribution in [0, 0.1) is 5.82 Å². The van der Waals surface area contributed by atoms with Gasteiger partial charge in [0, 0.05) is 0 Å². The number of ether oxygens (including phenoxy) is 1. The van der Waals surface area contributed by atoms with Gasteiger partial charge in [0.2, 0.25) is 0 Å². The summed E-state index contributed by atoms with van der Waals surface area (Å²) in [4.78, 5) is 0. The third kappa shape index (κ3) is 5.05. The highest BCUT2D eigenvalue weighted by molar-refractivity contribution is 5.47. The molecule has 0 unspecified atom stereocenters. The molecule has 15 heavy (non-hydrogen) atoms. The lowest BCUT2D eigenvalue weighted by molar-refractivity contribution is -0.161. The van der Waals surface area contributed by atoms with Crippen molar-refractivity contribution in [1.82, 2.24) is 0 Å². The number of benzene rings is 1. The van der Waals surface area contributed by atoms with Gasteiger partial charge in [-0.15, -0.1) is 0 Å². The maximum absolute atomic E-state index is 12.4. The lowest BCUT2D eigenvalue weighted by Crippen LogP contribution is -2.14. The lowest BCUT2D eigenvalue weighted by Gasteiger charge is -2.04. The highest BCUT2D eigenvalue weighted by Crippen LogP contribution is 2.14. The van der Waals surface area contributed by atoms with Crippen LogP contribution < -0.4 is 0 Å². The van der Waals surface area contributed by atoms with E-state index >= 15 is 0 Å². The summed E-state index contributed by atoms with van der Waals surface area (Å²) >= 11 is 0. The average Bonchev–Trinajstić information content (AvgIpc) is 2.14. The van der Waals surface area contributed by atoms with Crippen LogP contribution in [0.4, 0.5) is 17.6 Å². The van der Waals surface area contributed by atoms with Crippen molar-refractivity contribution < 1.29 is 22.3 Å². The lowest BCUT2D eigenvalue weighted by atomic mass is 10.2. The van der Waals surface area contributed by atoms with Crippen molar-refractivity contribution in [3.8, 4) is 0 Å². The van der Waals surface area contributed by atoms with Crippen LogP contribution in [0.15, 0.2) is 30.5 Å². The van der Waals surface area contributed by atoms with Crippen LogP contribution in [0.25, 0.3) is 6.08 Å². The molecule has 0 fully saturated rings. The predicted molar refractivity (Wildman–Crippen MR) is 47.4 cm³/mol. The highest BCUT2D eigenvalue weighted by atomic mass is 19.4. The van der Waals surface area contributed by atoms with Crippen LogP contribution in [-0.2, 0) is 4.74 Å². The average molecular weight is 220 g/mol. The van der Waals surface area contributed by atoms with E-state index in [9.17, 15) is 17.6 Å². The zero-order valence-corrected chi connectivity index (χ0v) is 7.59. The molecule has 0 radical (unpaired) electrons. The van der Waals surface area contributed by atoms with Crippen LogP contribution >= 0.6 is 0 Å². The van der Waals surface area contributed by atoms with Crippen LogP contribution in [0.2, 0.25) is 0 Å². The summed E-state index contributed by atoms with van der Waals surface area (Å²) in [6, 6.07) is 5.29. The Morgan fingerprint density at radius 1 is 1.13 bits per heavy atom. The van der Waals surface area contributed by atoms with Crippen LogP contribution in [0.5, 0.6) is 0 Å². The summed E-state index contributed by atoms with van der Waals surface area (Å²) in [5.41, 5.74) is 0.568. The van der Waals surface area contributed by atoms with Crippen molar-refractivity contribution in [2.45, 2.75) is 6.18 Å². The van der Waals surface area contributed by atoms with Crippen molar-refractivity contribution in [3.63, 3.8) is 0 Å². The maximum Gasteiger partial charge on any atom is 0.422 e. The molecule has 1 aromatic rings. The highest BCUT2D eigenvalue weighted by Gasteiger charge is 2.27. The van der Waals surface area contributed by atoms with Gasteiger partial charge < -0.3 is 4.74 Å². The zero-order chi connectivity index (χ0) is 11.3. The van der Waals surface area contributed by atoms with Gasteiger partial charge in [-0.05, 0) is 23.8 Å². The van der Waals surface area contributed by atoms with E-state index in [1.165, 1.54) is 30.3 Å². The van der Waals surface area contributed by atoms with Crippen molar-refractivity contribution in [1.29, 1.82) is 0 Å². The Hall–Kier alpha value is -1.52. The molecule has 5 heteroatoms. The molecule has 0 saturated carbocycles. The Labute approximate surface area is 84.0 Å². The van der Waals surface area contributed by atoms with Crippen molar-refractivity contribution in [2.24, 2.45) is 0 Å². The smallest absolute Gasteiger partial charge is 0.422 e. The number of hydrogen-bond donors (Lipinski definition) is 0. The van der Waals surface area contributed by atoms with E-state index in [4.69, 9.17) is 0 Å². The van der Waals surface area contributed by atoms with Crippen molar-refractivity contribution in [3.05, 3.63) is 41.9 Å². The predicted octanol–water partition coefficient (Wildman–Crippen LogP) is 3.38. The molecule has 0 aromatic heterocycles. The summed E-state index contributed by atoms with van der Waals surface area (Å²) in [7, 11) is 0. The second-order valence-electron chi connectivity index (χ2n) is 2.78. The fourth-order valence-corrected chi connectivity index (χ4v) is 0.843. The summed E-state index contributed by atoms with van der Waals surface area (Å²) < 4.78 is 51.5. The van der Waals surface area contributed by atoms with E-state index in [-0.39, 0.29) is 0 Å². The summed E-state index contributed by atoms with van der Waals surface area (Å²) in [6.07, 6.45) is -2.08. The van der Waals surface area contributed by atoms with Crippen LogP contribution in [-0.4, -0.2) is 12.8 Å². The van der Waals surface area contributed by atoms with Gasteiger partial charge in [-0.25, -0.2) is 4.39 Å². The first kappa shape index (κ1) is 11.6. The summed E-state index contributed by atoms with van der Waals surface area (Å²) in [6.45, 7) is -1.33. The maximum atomic E-state index is 12.4. The number of hydrogen-bond acceptors (Lipinski definition) is 1. The summed E-state index contributed by atoms with van der Waals surface area (Å²) in [5.74, 6) is -0.400. The molecule has 0 saturated heterocycles. The molecule has 0 aliphatic heterocycles. The fraction of sp³-hybridized carbons (Fsp3) is 0.200. The van der Waals surface area contributed by atoms with Gasteiger partial charge in [0.05, 0.1) is 6.26 Å². The van der Waals surface area contributed by atoms with Crippen molar-refractivity contribution in [2.75, 3.05) is 6.61 Å². The second-order valence-corrected chi connectivity index (χ2v) is 2.78. The third-order valence-corrected chi connectivity index (χ3v) is 1.47. The van der Waals surface area contributed by atoms with Gasteiger partial charge >= 0.3 is 6.18 Å². The minimum absolute atomic E-state index is 0.400. The minimum Gasteiger partial charge on any atom is -0.492 e. The van der Waals surface area contributed by atoms with E-state index in [0.29, 0.717) is 5.56 Å². The molecule has 82 valence electrons. The molecule has 0 N–H and O–H groups in total. The molecule has 1 nitrogen and oxygen atoms in total. The van der Waals surface area contributed by atoms with Gasteiger partial charge in [0.15, 0.2) is 6.61 Å². The zero-order valence-electron chi connectivity index (χ0n) is 7.59. The Bertz CT molecular complexity index is 326. The largest absolute Gasteiger partial charge is 0.492 e. The van der Waals surface area contributed by atoms with Gasteiger partial charge in [-0.2, -0.15) is 13.2 Å². The molecule has 0 spiro atoms. The Morgan fingerprint density at radius 2 is 1.73 bits per heavy atom. The molecule has 1 rings (SSSR count). The molecular weight excluding hydrogens is 212 g/mol. The van der Waals surface area contributed by atoms with Gasteiger partial charge in [-0.3, -0.25) is 0 Å². The van der Waals surface area contributed by atoms with Gasteiger partial charge in [0.25, 0.3) is 0 Å². The van der Waals surface area contributed by atoms with Crippen LogP contribution in [0.3, 0.4) is 0 Å². The topological polar surface area (TPSA) is 9.23 Å². The Kier molecular flexibility index (Phi) is 3.71. The van der Waals surface area contributed by atoms with E-state index < -0.39 is 18.6 Å². The fourth-order valence-electron chi connectivity index (χ4n) is 0.843. The van der Waals surface area contributed by atoms with E-state index in [1.54, 1.807) is 0 Å². The first-order valence-corrected chi connectivity index (χ1v) is 4.08. The Morgan fingerprint density at radius 3 is 2.27 bits per heavy atom.